The highest BCUT2D eigenvalue weighted by Gasteiger charge is 2.29. The van der Waals surface area contributed by atoms with Gasteiger partial charge >= 0.3 is 0 Å². The topological polar surface area (TPSA) is 21.3 Å². The van der Waals surface area contributed by atoms with E-state index in [2.05, 4.69) is 5.32 Å². The average Bonchev–Trinajstić information content (AvgIpc) is 2.32. The van der Waals surface area contributed by atoms with Crippen molar-refractivity contribution in [3.05, 3.63) is 0 Å². The fraction of sp³-hybridized carbons (Fsp3) is 1.00. The molecule has 2 heteroatoms. The lowest BCUT2D eigenvalue weighted by molar-refractivity contribution is -0.0201. The summed E-state index contributed by atoms with van der Waals surface area (Å²) in [5, 5.41) is 3.23. The maximum absolute atomic E-state index is 5.64. The highest BCUT2D eigenvalue weighted by molar-refractivity contribution is 4.84. The van der Waals surface area contributed by atoms with E-state index in [-0.39, 0.29) is 5.60 Å². The summed E-state index contributed by atoms with van der Waals surface area (Å²) in [5.41, 5.74) is 0.144. The molecule has 0 amide bonds. The molecule has 0 heterocycles. The van der Waals surface area contributed by atoms with Crippen molar-refractivity contribution in [2.75, 3.05) is 20.7 Å². The zero-order chi connectivity index (χ0) is 8.86. The van der Waals surface area contributed by atoms with Crippen LogP contribution in [-0.2, 0) is 4.74 Å². The van der Waals surface area contributed by atoms with Crippen LogP contribution < -0.4 is 5.32 Å². The second-order valence-electron chi connectivity index (χ2n) is 3.83. The van der Waals surface area contributed by atoms with E-state index >= 15 is 0 Å². The van der Waals surface area contributed by atoms with Gasteiger partial charge < -0.3 is 10.1 Å². The first-order valence-electron chi connectivity index (χ1n) is 5.03. The van der Waals surface area contributed by atoms with Crippen LogP contribution in [0.3, 0.4) is 0 Å². The SMILES string of the molecule is CNCC1(OC)CCCCCC1. The van der Waals surface area contributed by atoms with E-state index in [0.29, 0.717) is 0 Å². The third kappa shape index (κ3) is 2.46. The van der Waals surface area contributed by atoms with Gasteiger partial charge in [-0.05, 0) is 19.9 Å². The van der Waals surface area contributed by atoms with E-state index < -0.39 is 0 Å². The van der Waals surface area contributed by atoms with Crippen molar-refractivity contribution in [1.29, 1.82) is 0 Å². The Morgan fingerprint density at radius 2 is 1.75 bits per heavy atom. The van der Waals surface area contributed by atoms with E-state index in [1.54, 1.807) is 0 Å². The van der Waals surface area contributed by atoms with Gasteiger partial charge in [-0.2, -0.15) is 0 Å². The molecule has 1 rings (SSSR count). The summed E-state index contributed by atoms with van der Waals surface area (Å²) >= 11 is 0. The second kappa shape index (κ2) is 4.83. The Balaban J connectivity index is 2.48. The summed E-state index contributed by atoms with van der Waals surface area (Å²) in [6.07, 6.45) is 7.88. The van der Waals surface area contributed by atoms with Gasteiger partial charge in [0.15, 0.2) is 0 Å². The molecule has 0 atom stereocenters. The number of rotatable bonds is 3. The third-order valence-electron chi connectivity index (χ3n) is 2.95. The first-order chi connectivity index (χ1) is 5.83. The number of hydrogen-bond acceptors (Lipinski definition) is 2. The third-order valence-corrected chi connectivity index (χ3v) is 2.95. The first-order valence-corrected chi connectivity index (χ1v) is 5.03. The second-order valence-corrected chi connectivity index (χ2v) is 3.83. The van der Waals surface area contributed by atoms with Gasteiger partial charge in [-0.1, -0.05) is 25.7 Å². The Kier molecular flexibility index (Phi) is 4.02. The molecular weight excluding hydrogens is 150 g/mol. The van der Waals surface area contributed by atoms with Crippen LogP contribution in [0.1, 0.15) is 38.5 Å². The van der Waals surface area contributed by atoms with Gasteiger partial charge in [-0.3, -0.25) is 0 Å². The van der Waals surface area contributed by atoms with Gasteiger partial charge in [-0.15, -0.1) is 0 Å². The van der Waals surface area contributed by atoms with Crippen LogP contribution in [0.4, 0.5) is 0 Å². The summed E-state index contributed by atoms with van der Waals surface area (Å²) in [6, 6.07) is 0. The van der Waals surface area contributed by atoms with Crippen LogP contribution in [0.2, 0.25) is 0 Å². The van der Waals surface area contributed by atoms with Gasteiger partial charge in [0.25, 0.3) is 0 Å². The molecule has 0 unspecified atom stereocenters. The molecule has 0 aromatic heterocycles. The molecule has 0 aromatic carbocycles. The van der Waals surface area contributed by atoms with Crippen LogP contribution in [0, 0.1) is 0 Å². The number of ether oxygens (including phenoxy) is 1. The molecule has 12 heavy (non-hydrogen) atoms. The number of likely N-dealkylation sites (N-methyl/N-ethyl adjacent to an activating group) is 1. The van der Waals surface area contributed by atoms with Gasteiger partial charge in [-0.25, -0.2) is 0 Å². The number of nitrogens with one attached hydrogen (secondary N) is 1. The monoisotopic (exact) mass is 171 g/mol. The Hall–Kier alpha value is -0.0800. The summed E-state index contributed by atoms with van der Waals surface area (Å²) in [5.74, 6) is 0. The van der Waals surface area contributed by atoms with Crippen molar-refractivity contribution >= 4 is 0 Å². The molecular formula is C10H21NO. The zero-order valence-electron chi connectivity index (χ0n) is 8.36. The maximum atomic E-state index is 5.64. The van der Waals surface area contributed by atoms with Gasteiger partial charge in [0.05, 0.1) is 5.60 Å². The van der Waals surface area contributed by atoms with Crippen molar-refractivity contribution in [3.8, 4) is 0 Å². The lowest BCUT2D eigenvalue weighted by atomic mass is 9.94. The van der Waals surface area contributed by atoms with E-state index in [1.165, 1.54) is 38.5 Å². The van der Waals surface area contributed by atoms with Crippen molar-refractivity contribution in [3.63, 3.8) is 0 Å². The average molecular weight is 171 g/mol. The lowest BCUT2D eigenvalue weighted by Gasteiger charge is -2.31. The van der Waals surface area contributed by atoms with Gasteiger partial charge in [0.1, 0.15) is 0 Å². The standard InChI is InChI=1S/C10H21NO/c1-11-9-10(12-2)7-5-3-4-6-8-10/h11H,3-9H2,1-2H3. The van der Waals surface area contributed by atoms with Crippen molar-refractivity contribution in [2.24, 2.45) is 0 Å². The van der Waals surface area contributed by atoms with Crippen LogP contribution >= 0.6 is 0 Å². The molecule has 1 fully saturated rings. The van der Waals surface area contributed by atoms with Gasteiger partial charge in [0, 0.05) is 13.7 Å². The molecule has 0 radical (unpaired) electrons. The van der Waals surface area contributed by atoms with Crippen molar-refractivity contribution in [1.82, 2.24) is 5.32 Å². The molecule has 1 aliphatic rings. The Labute approximate surface area is 75.7 Å². The van der Waals surface area contributed by atoms with Crippen molar-refractivity contribution in [2.45, 2.75) is 44.1 Å². The molecule has 1 N–H and O–H groups in total. The van der Waals surface area contributed by atoms with Crippen LogP contribution in [0.5, 0.6) is 0 Å². The minimum Gasteiger partial charge on any atom is -0.377 e. The zero-order valence-corrected chi connectivity index (χ0v) is 8.36. The summed E-state index contributed by atoms with van der Waals surface area (Å²) in [6.45, 7) is 1.00. The fourth-order valence-electron chi connectivity index (χ4n) is 2.15. The molecule has 2 nitrogen and oxygen atoms in total. The highest BCUT2D eigenvalue weighted by atomic mass is 16.5. The Bertz CT molecular complexity index is 117. The van der Waals surface area contributed by atoms with E-state index in [4.69, 9.17) is 4.74 Å². The van der Waals surface area contributed by atoms with Crippen LogP contribution in [-0.4, -0.2) is 26.3 Å². The molecule has 0 bridgehead atoms. The van der Waals surface area contributed by atoms with Gasteiger partial charge in [0.2, 0.25) is 0 Å². The normalized spacial score (nSPS) is 23.5. The number of hydrogen-bond donors (Lipinski definition) is 1. The van der Waals surface area contributed by atoms with Crippen LogP contribution in [0.25, 0.3) is 0 Å². The molecule has 1 aliphatic carbocycles. The summed E-state index contributed by atoms with van der Waals surface area (Å²) < 4.78 is 5.64. The summed E-state index contributed by atoms with van der Waals surface area (Å²) in [7, 11) is 3.86. The maximum Gasteiger partial charge on any atom is 0.0802 e. The Morgan fingerprint density at radius 3 is 2.17 bits per heavy atom. The molecule has 0 aliphatic heterocycles. The van der Waals surface area contributed by atoms with E-state index in [0.717, 1.165) is 6.54 Å². The van der Waals surface area contributed by atoms with Crippen LogP contribution in [0.15, 0.2) is 0 Å². The van der Waals surface area contributed by atoms with E-state index in [1.807, 2.05) is 14.2 Å². The fourth-order valence-corrected chi connectivity index (χ4v) is 2.15. The molecule has 72 valence electrons. The minimum atomic E-state index is 0.144. The predicted octanol–water partition coefficient (Wildman–Crippen LogP) is 1.95. The smallest absolute Gasteiger partial charge is 0.0802 e. The molecule has 0 saturated heterocycles. The first kappa shape index (κ1) is 10.0. The lowest BCUT2D eigenvalue weighted by Crippen LogP contribution is -2.40. The quantitative estimate of drug-likeness (QED) is 0.655. The molecule has 0 aromatic rings. The minimum absolute atomic E-state index is 0.144. The predicted molar refractivity (Wildman–Crippen MR) is 51.4 cm³/mol. The van der Waals surface area contributed by atoms with Crippen molar-refractivity contribution < 1.29 is 4.74 Å². The largest absolute Gasteiger partial charge is 0.377 e. The molecule has 0 spiro atoms. The number of methoxy groups -OCH3 is 1. The highest BCUT2D eigenvalue weighted by Crippen LogP contribution is 2.29. The Morgan fingerprint density at radius 1 is 1.17 bits per heavy atom. The molecule has 1 saturated carbocycles. The summed E-state index contributed by atoms with van der Waals surface area (Å²) in [4.78, 5) is 0. The van der Waals surface area contributed by atoms with E-state index in [9.17, 15) is 0 Å².